The van der Waals surface area contributed by atoms with Crippen molar-refractivity contribution in [2.45, 2.75) is 90.6 Å². The zero-order valence-electron chi connectivity index (χ0n) is 14.5. The van der Waals surface area contributed by atoms with Crippen molar-refractivity contribution >= 4 is 0 Å². The van der Waals surface area contributed by atoms with E-state index in [1.165, 1.54) is 64.6 Å². The summed E-state index contributed by atoms with van der Waals surface area (Å²) in [6, 6.07) is 0. The molecule has 1 aliphatic heterocycles. The molecule has 1 N–H and O–H groups in total. The minimum atomic E-state index is 0.355. The molecule has 20 heavy (non-hydrogen) atoms. The van der Waals surface area contributed by atoms with E-state index in [9.17, 15) is 0 Å². The molecule has 1 unspecified atom stereocenters. The number of hydrogen-bond donors (Lipinski definition) is 1. The van der Waals surface area contributed by atoms with E-state index in [1.807, 2.05) is 0 Å². The molecular weight excluding hydrogens is 244 g/mol. The lowest BCUT2D eigenvalue weighted by Crippen LogP contribution is -2.69. The van der Waals surface area contributed by atoms with Crippen LogP contribution in [0.5, 0.6) is 0 Å². The predicted octanol–water partition coefficient (Wildman–Crippen LogP) is 4.20. The maximum absolute atomic E-state index is 3.96. The first kappa shape index (κ1) is 16.3. The molecule has 1 saturated heterocycles. The summed E-state index contributed by atoms with van der Waals surface area (Å²) in [6.45, 7) is 15.6. The molecule has 2 fully saturated rings. The lowest BCUT2D eigenvalue weighted by molar-refractivity contribution is -0.00714. The van der Waals surface area contributed by atoms with Crippen molar-refractivity contribution in [2.24, 2.45) is 5.41 Å². The number of nitrogens with zero attached hydrogens (tertiary/aromatic N) is 1. The van der Waals surface area contributed by atoms with Crippen molar-refractivity contribution in [2.75, 3.05) is 19.6 Å². The van der Waals surface area contributed by atoms with Crippen molar-refractivity contribution in [1.29, 1.82) is 0 Å². The summed E-state index contributed by atoms with van der Waals surface area (Å²) in [5.41, 5.74) is 1.23. The van der Waals surface area contributed by atoms with Gasteiger partial charge in [-0.2, -0.15) is 0 Å². The van der Waals surface area contributed by atoms with E-state index >= 15 is 0 Å². The van der Waals surface area contributed by atoms with Gasteiger partial charge in [-0.1, -0.05) is 47.0 Å². The number of hydrogen-bond acceptors (Lipinski definition) is 2. The Bertz CT molecular complexity index is 312. The molecular formula is C18H36N2. The van der Waals surface area contributed by atoms with Crippen LogP contribution in [0.2, 0.25) is 0 Å². The topological polar surface area (TPSA) is 15.3 Å². The van der Waals surface area contributed by atoms with Gasteiger partial charge in [0.1, 0.15) is 0 Å². The monoisotopic (exact) mass is 280 g/mol. The Morgan fingerprint density at radius 3 is 2.30 bits per heavy atom. The summed E-state index contributed by atoms with van der Waals surface area (Å²) in [5.74, 6) is 0. The molecule has 1 saturated carbocycles. The number of rotatable bonds is 3. The van der Waals surface area contributed by atoms with Crippen molar-refractivity contribution in [3.63, 3.8) is 0 Å². The van der Waals surface area contributed by atoms with Crippen molar-refractivity contribution in [1.82, 2.24) is 10.2 Å². The van der Waals surface area contributed by atoms with Crippen LogP contribution in [0.1, 0.15) is 79.6 Å². The molecule has 1 atom stereocenters. The Morgan fingerprint density at radius 1 is 1.10 bits per heavy atom. The number of piperazine rings is 1. The molecule has 0 aromatic heterocycles. The summed E-state index contributed by atoms with van der Waals surface area (Å²) in [6.07, 6.45) is 9.61. The van der Waals surface area contributed by atoms with E-state index in [2.05, 4.69) is 44.8 Å². The molecule has 0 amide bonds. The highest BCUT2D eigenvalue weighted by Crippen LogP contribution is 2.36. The van der Waals surface area contributed by atoms with Crippen molar-refractivity contribution in [3.8, 4) is 0 Å². The van der Waals surface area contributed by atoms with Crippen LogP contribution >= 0.6 is 0 Å². The maximum Gasteiger partial charge on any atom is 0.0309 e. The first-order chi connectivity index (χ1) is 9.29. The van der Waals surface area contributed by atoms with Crippen molar-refractivity contribution < 1.29 is 0 Å². The first-order valence-corrected chi connectivity index (χ1v) is 8.79. The van der Waals surface area contributed by atoms with Crippen LogP contribution in [0.25, 0.3) is 0 Å². The minimum absolute atomic E-state index is 0.355. The summed E-state index contributed by atoms with van der Waals surface area (Å²) in [5, 5.41) is 3.96. The van der Waals surface area contributed by atoms with Gasteiger partial charge in [0.15, 0.2) is 0 Å². The van der Waals surface area contributed by atoms with Gasteiger partial charge >= 0.3 is 0 Å². The highest BCUT2D eigenvalue weighted by Gasteiger charge is 2.44. The quantitative estimate of drug-likeness (QED) is 0.833. The van der Waals surface area contributed by atoms with Crippen LogP contribution in [0.15, 0.2) is 0 Å². The summed E-state index contributed by atoms with van der Waals surface area (Å²) in [7, 11) is 0. The van der Waals surface area contributed by atoms with Crippen LogP contribution in [0, 0.1) is 5.41 Å². The van der Waals surface area contributed by atoms with Crippen LogP contribution in [0.4, 0.5) is 0 Å². The Hall–Kier alpha value is -0.0800. The Labute approximate surface area is 126 Å². The second-order valence-electron chi connectivity index (χ2n) is 8.78. The second kappa shape index (κ2) is 5.96. The summed E-state index contributed by atoms with van der Waals surface area (Å²) >= 11 is 0. The molecule has 0 bridgehead atoms. The fourth-order valence-electron chi connectivity index (χ4n) is 3.83. The maximum atomic E-state index is 3.96. The third-order valence-electron chi connectivity index (χ3n) is 5.81. The Morgan fingerprint density at radius 2 is 1.75 bits per heavy atom. The molecule has 1 spiro atoms. The Kier molecular flexibility index (Phi) is 4.86. The van der Waals surface area contributed by atoms with E-state index in [0.717, 1.165) is 0 Å². The SMILES string of the molecule is CCC1(C)CNC2(CCCCC2)CN1CCC(C)(C)C. The van der Waals surface area contributed by atoms with Gasteiger partial charge in [-0.15, -0.1) is 0 Å². The molecule has 2 aliphatic rings. The van der Waals surface area contributed by atoms with Gasteiger partial charge in [0, 0.05) is 24.2 Å². The van der Waals surface area contributed by atoms with Crippen LogP contribution in [-0.2, 0) is 0 Å². The zero-order chi connectivity index (χ0) is 14.9. The van der Waals surface area contributed by atoms with Crippen LogP contribution in [0.3, 0.4) is 0 Å². The normalized spacial score (nSPS) is 31.6. The van der Waals surface area contributed by atoms with Gasteiger partial charge < -0.3 is 5.32 Å². The van der Waals surface area contributed by atoms with Crippen LogP contribution in [-0.4, -0.2) is 35.6 Å². The molecule has 1 aliphatic carbocycles. The van der Waals surface area contributed by atoms with Crippen molar-refractivity contribution in [3.05, 3.63) is 0 Å². The summed E-state index contributed by atoms with van der Waals surface area (Å²) in [4.78, 5) is 2.82. The molecule has 2 nitrogen and oxygen atoms in total. The average molecular weight is 280 g/mol. The molecule has 0 radical (unpaired) electrons. The Balaban J connectivity index is 2.05. The number of nitrogens with one attached hydrogen (secondary N) is 1. The van der Waals surface area contributed by atoms with Gasteiger partial charge in [0.2, 0.25) is 0 Å². The molecule has 0 aromatic rings. The minimum Gasteiger partial charge on any atom is -0.308 e. The molecule has 1 heterocycles. The summed E-state index contributed by atoms with van der Waals surface area (Å²) < 4.78 is 0. The first-order valence-electron chi connectivity index (χ1n) is 8.79. The third kappa shape index (κ3) is 3.76. The fraction of sp³-hybridized carbons (Fsp3) is 1.00. The van der Waals surface area contributed by atoms with Gasteiger partial charge in [-0.25, -0.2) is 0 Å². The highest BCUT2D eigenvalue weighted by molar-refractivity contribution is 5.04. The molecule has 2 rings (SSSR count). The molecule has 0 aromatic carbocycles. The van der Waals surface area contributed by atoms with Gasteiger partial charge in [-0.3, -0.25) is 4.90 Å². The smallest absolute Gasteiger partial charge is 0.0309 e. The largest absolute Gasteiger partial charge is 0.308 e. The third-order valence-corrected chi connectivity index (χ3v) is 5.81. The lowest BCUT2D eigenvalue weighted by atomic mass is 9.76. The van der Waals surface area contributed by atoms with Gasteiger partial charge in [0.25, 0.3) is 0 Å². The van der Waals surface area contributed by atoms with E-state index in [0.29, 0.717) is 16.5 Å². The van der Waals surface area contributed by atoms with E-state index in [4.69, 9.17) is 0 Å². The lowest BCUT2D eigenvalue weighted by Gasteiger charge is -2.55. The average Bonchev–Trinajstić information content (AvgIpc) is 2.40. The molecule has 118 valence electrons. The van der Waals surface area contributed by atoms with Gasteiger partial charge in [-0.05, 0) is 44.6 Å². The van der Waals surface area contributed by atoms with E-state index in [1.54, 1.807) is 0 Å². The zero-order valence-corrected chi connectivity index (χ0v) is 14.5. The standard InChI is InChI=1S/C18H36N2/c1-6-17(5)14-19-18(10-8-7-9-11-18)15-20(17)13-12-16(2,3)4/h19H,6-15H2,1-5H3. The van der Waals surface area contributed by atoms with E-state index < -0.39 is 0 Å². The fourth-order valence-corrected chi connectivity index (χ4v) is 3.83. The highest BCUT2D eigenvalue weighted by atomic mass is 15.3. The van der Waals surface area contributed by atoms with Gasteiger partial charge in [0.05, 0.1) is 0 Å². The molecule has 2 heteroatoms. The van der Waals surface area contributed by atoms with E-state index in [-0.39, 0.29) is 0 Å². The second-order valence-corrected chi connectivity index (χ2v) is 8.78. The van der Waals surface area contributed by atoms with Crippen LogP contribution < -0.4 is 5.32 Å². The predicted molar refractivity (Wildman–Crippen MR) is 88.2 cm³/mol.